The summed E-state index contributed by atoms with van der Waals surface area (Å²) in [5, 5.41) is 6.15. The SMILES string of the molecule is CNC(c1ccc2c(c1)NC(=O)CO2)c1cc(Br)sc1Br. The van der Waals surface area contributed by atoms with Crippen LogP contribution in [0.1, 0.15) is 17.2 Å². The van der Waals surface area contributed by atoms with Gasteiger partial charge in [-0.1, -0.05) is 6.07 Å². The monoisotopic (exact) mass is 430 g/mol. The fourth-order valence-electron chi connectivity index (χ4n) is 2.33. The number of thiophene rings is 1. The van der Waals surface area contributed by atoms with Gasteiger partial charge in [-0.2, -0.15) is 0 Å². The van der Waals surface area contributed by atoms with Gasteiger partial charge < -0.3 is 15.4 Å². The average molecular weight is 432 g/mol. The minimum atomic E-state index is -0.125. The van der Waals surface area contributed by atoms with Gasteiger partial charge in [-0.15, -0.1) is 11.3 Å². The van der Waals surface area contributed by atoms with Crippen molar-refractivity contribution in [2.75, 3.05) is 19.0 Å². The van der Waals surface area contributed by atoms with E-state index < -0.39 is 0 Å². The predicted molar refractivity (Wildman–Crippen MR) is 91.2 cm³/mol. The van der Waals surface area contributed by atoms with E-state index in [4.69, 9.17) is 4.74 Å². The molecule has 1 aliphatic heterocycles. The van der Waals surface area contributed by atoms with Crippen LogP contribution in [0, 0.1) is 0 Å². The molecule has 1 atom stereocenters. The van der Waals surface area contributed by atoms with Crippen LogP contribution < -0.4 is 15.4 Å². The molecular formula is C14H12Br2N2O2S. The Morgan fingerprint density at radius 3 is 2.86 bits per heavy atom. The van der Waals surface area contributed by atoms with Crippen molar-refractivity contribution in [3.05, 3.63) is 43.0 Å². The summed E-state index contributed by atoms with van der Waals surface area (Å²) in [7, 11) is 1.91. The van der Waals surface area contributed by atoms with Crippen LogP contribution in [-0.2, 0) is 4.79 Å². The summed E-state index contributed by atoms with van der Waals surface area (Å²) >= 11 is 8.73. The van der Waals surface area contributed by atoms with Crippen LogP contribution in [0.25, 0.3) is 0 Å². The van der Waals surface area contributed by atoms with E-state index in [-0.39, 0.29) is 18.6 Å². The maximum atomic E-state index is 11.4. The first-order chi connectivity index (χ1) is 10.1. The van der Waals surface area contributed by atoms with E-state index in [1.54, 1.807) is 11.3 Å². The van der Waals surface area contributed by atoms with Gasteiger partial charge in [-0.05, 0) is 68.2 Å². The van der Waals surface area contributed by atoms with Crippen molar-refractivity contribution in [2.45, 2.75) is 6.04 Å². The summed E-state index contributed by atoms with van der Waals surface area (Å²) < 4.78 is 7.53. The standard InChI is InChI=1S/C14H12Br2N2O2S/c1-17-13(8-5-11(15)21-14(8)16)7-2-3-10-9(4-7)18-12(19)6-20-10/h2-5,13,17H,6H2,1H3,(H,18,19). The molecule has 1 amide bonds. The van der Waals surface area contributed by atoms with Crippen molar-refractivity contribution in [2.24, 2.45) is 0 Å². The summed E-state index contributed by atoms with van der Waals surface area (Å²) in [6.45, 7) is 0.0742. The first-order valence-electron chi connectivity index (χ1n) is 6.27. The molecule has 4 nitrogen and oxygen atoms in total. The van der Waals surface area contributed by atoms with Crippen LogP contribution in [0.15, 0.2) is 31.8 Å². The maximum absolute atomic E-state index is 11.4. The molecule has 1 aliphatic rings. The van der Waals surface area contributed by atoms with Crippen LogP contribution in [0.4, 0.5) is 5.69 Å². The quantitative estimate of drug-likeness (QED) is 0.774. The van der Waals surface area contributed by atoms with Crippen molar-refractivity contribution in [3.8, 4) is 5.75 Å². The fraction of sp³-hybridized carbons (Fsp3) is 0.214. The molecule has 0 radical (unpaired) electrons. The lowest BCUT2D eigenvalue weighted by atomic mass is 10.0. The first kappa shape index (κ1) is 15.0. The van der Waals surface area contributed by atoms with Gasteiger partial charge in [0.05, 0.1) is 19.3 Å². The number of benzene rings is 1. The number of carbonyl (C=O) groups is 1. The highest BCUT2D eigenvalue weighted by molar-refractivity contribution is 9.12. The van der Waals surface area contributed by atoms with E-state index in [1.807, 2.05) is 25.2 Å². The third kappa shape index (κ3) is 3.01. The number of nitrogens with one attached hydrogen (secondary N) is 2. The van der Waals surface area contributed by atoms with Gasteiger partial charge in [-0.3, -0.25) is 4.79 Å². The van der Waals surface area contributed by atoms with Crippen molar-refractivity contribution >= 4 is 54.8 Å². The Balaban J connectivity index is 2.00. The number of anilines is 1. The molecule has 0 aliphatic carbocycles. The van der Waals surface area contributed by atoms with E-state index in [2.05, 4.69) is 48.6 Å². The largest absolute Gasteiger partial charge is 0.482 e. The van der Waals surface area contributed by atoms with Crippen LogP contribution in [0.2, 0.25) is 0 Å². The Hall–Kier alpha value is -0.890. The fourth-order valence-corrected chi connectivity index (χ4v) is 5.23. The lowest BCUT2D eigenvalue weighted by molar-refractivity contribution is -0.118. The number of carbonyl (C=O) groups excluding carboxylic acids is 1. The van der Waals surface area contributed by atoms with Gasteiger partial charge in [-0.25, -0.2) is 0 Å². The molecule has 2 N–H and O–H groups in total. The second kappa shape index (κ2) is 6.08. The van der Waals surface area contributed by atoms with Crippen molar-refractivity contribution in [1.82, 2.24) is 5.32 Å². The van der Waals surface area contributed by atoms with Crippen molar-refractivity contribution < 1.29 is 9.53 Å². The van der Waals surface area contributed by atoms with Crippen molar-refractivity contribution in [1.29, 1.82) is 0 Å². The molecule has 7 heteroatoms. The lowest BCUT2D eigenvalue weighted by Gasteiger charge is -2.22. The zero-order valence-electron chi connectivity index (χ0n) is 11.1. The van der Waals surface area contributed by atoms with E-state index in [9.17, 15) is 4.79 Å². The number of ether oxygens (including phenoxy) is 1. The molecule has 1 unspecified atom stereocenters. The Morgan fingerprint density at radius 1 is 1.38 bits per heavy atom. The lowest BCUT2D eigenvalue weighted by Crippen LogP contribution is -2.26. The molecule has 0 saturated carbocycles. The smallest absolute Gasteiger partial charge is 0.262 e. The molecule has 1 aromatic heterocycles. The Morgan fingerprint density at radius 2 is 2.19 bits per heavy atom. The number of hydrogen-bond donors (Lipinski definition) is 2. The maximum Gasteiger partial charge on any atom is 0.262 e. The molecule has 0 spiro atoms. The van der Waals surface area contributed by atoms with Gasteiger partial charge >= 0.3 is 0 Å². The van der Waals surface area contributed by atoms with Crippen LogP contribution in [0.5, 0.6) is 5.75 Å². The summed E-state index contributed by atoms with van der Waals surface area (Å²) in [5.74, 6) is 0.582. The molecule has 0 bridgehead atoms. The number of halogens is 2. The van der Waals surface area contributed by atoms with Crippen LogP contribution in [-0.4, -0.2) is 19.6 Å². The Kier molecular flexibility index (Phi) is 4.35. The molecule has 21 heavy (non-hydrogen) atoms. The molecule has 0 saturated heterocycles. The van der Waals surface area contributed by atoms with Crippen LogP contribution >= 0.6 is 43.2 Å². The third-order valence-electron chi connectivity index (χ3n) is 3.25. The Bertz CT molecular complexity index is 702. The highest BCUT2D eigenvalue weighted by atomic mass is 79.9. The van der Waals surface area contributed by atoms with Crippen molar-refractivity contribution in [3.63, 3.8) is 0 Å². The zero-order valence-corrected chi connectivity index (χ0v) is 15.1. The van der Waals surface area contributed by atoms with E-state index in [1.165, 1.54) is 0 Å². The Labute approximate surface area is 143 Å². The summed E-state index contributed by atoms with van der Waals surface area (Å²) in [4.78, 5) is 11.4. The summed E-state index contributed by atoms with van der Waals surface area (Å²) in [5.41, 5.74) is 2.93. The minimum Gasteiger partial charge on any atom is -0.482 e. The third-order valence-corrected chi connectivity index (χ3v) is 5.64. The van der Waals surface area contributed by atoms with Gasteiger partial charge in [0.15, 0.2) is 6.61 Å². The molecule has 1 aromatic carbocycles. The number of amides is 1. The molecule has 0 fully saturated rings. The minimum absolute atomic E-state index is 0.0334. The van der Waals surface area contributed by atoms with Gasteiger partial charge in [0.2, 0.25) is 0 Å². The summed E-state index contributed by atoms with van der Waals surface area (Å²) in [6, 6.07) is 7.97. The van der Waals surface area contributed by atoms with Gasteiger partial charge in [0, 0.05) is 0 Å². The highest BCUT2D eigenvalue weighted by Crippen LogP contribution is 2.39. The molecule has 2 heterocycles. The number of hydrogen-bond acceptors (Lipinski definition) is 4. The topological polar surface area (TPSA) is 50.4 Å². The van der Waals surface area contributed by atoms with E-state index in [0.29, 0.717) is 5.75 Å². The van der Waals surface area contributed by atoms with E-state index in [0.717, 1.165) is 24.4 Å². The second-order valence-corrected chi connectivity index (χ2v) is 8.34. The highest BCUT2D eigenvalue weighted by Gasteiger charge is 2.21. The van der Waals surface area contributed by atoms with Crippen LogP contribution in [0.3, 0.4) is 0 Å². The molecule has 2 aromatic rings. The molecule has 110 valence electrons. The van der Waals surface area contributed by atoms with Gasteiger partial charge in [0.1, 0.15) is 5.75 Å². The first-order valence-corrected chi connectivity index (χ1v) is 8.67. The zero-order chi connectivity index (χ0) is 15.0. The van der Waals surface area contributed by atoms with E-state index >= 15 is 0 Å². The van der Waals surface area contributed by atoms with Gasteiger partial charge in [0.25, 0.3) is 5.91 Å². The second-order valence-electron chi connectivity index (χ2n) is 4.59. The number of rotatable bonds is 3. The normalized spacial score (nSPS) is 15.1. The summed E-state index contributed by atoms with van der Waals surface area (Å²) in [6.07, 6.45) is 0. The predicted octanol–water partition coefficient (Wildman–Crippen LogP) is 3.91. The average Bonchev–Trinajstić information content (AvgIpc) is 2.78. The molecular weight excluding hydrogens is 420 g/mol. The number of fused-ring (bicyclic) bond motifs is 1. The molecule has 3 rings (SSSR count).